The zero-order valence-corrected chi connectivity index (χ0v) is 18.0. The third-order valence-electron chi connectivity index (χ3n) is 5.61. The van der Waals surface area contributed by atoms with Crippen molar-refractivity contribution in [1.82, 2.24) is 14.7 Å². The molecule has 7 heteroatoms. The minimum absolute atomic E-state index is 0.0548. The minimum atomic E-state index is -0.471. The molecule has 0 spiro atoms. The third-order valence-corrected chi connectivity index (χ3v) is 5.61. The molecule has 0 aliphatic heterocycles. The van der Waals surface area contributed by atoms with Gasteiger partial charge >= 0.3 is 5.97 Å². The monoisotopic (exact) mass is 439 g/mol. The summed E-state index contributed by atoms with van der Waals surface area (Å²) in [5, 5.41) is 5.09. The number of para-hydroxylation sites is 2. The number of ether oxygens (including phenoxy) is 1. The molecular weight excluding hydrogens is 418 g/mol. The van der Waals surface area contributed by atoms with Gasteiger partial charge in [-0.2, -0.15) is 4.98 Å². The lowest BCUT2D eigenvalue weighted by atomic mass is 10.1. The minimum Gasteiger partial charge on any atom is -0.454 e. The first-order valence-electron chi connectivity index (χ1n) is 10.7. The van der Waals surface area contributed by atoms with E-state index in [0.717, 1.165) is 12.0 Å². The van der Waals surface area contributed by atoms with Crippen molar-refractivity contribution in [1.29, 1.82) is 0 Å². The van der Waals surface area contributed by atoms with Crippen LogP contribution in [0.3, 0.4) is 0 Å². The summed E-state index contributed by atoms with van der Waals surface area (Å²) in [5.41, 5.74) is 3.34. The van der Waals surface area contributed by atoms with Gasteiger partial charge in [0.15, 0.2) is 12.0 Å². The zero-order chi connectivity index (χ0) is 22.8. The van der Waals surface area contributed by atoms with Gasteiger partial charge in [-0.15, -0.1) is 0 Å². The molecule has 0 bridgehead atoms. The van der Waals surface area contributed by atoms with Gasteiger partial charge in [0.2, 0.25) is 5.82 Å². The molecule has 164 valence electrons. The Hall–Kier alpha value is -4.26. The first-order chi connectivity index (χ1) is 16.1. The van der Waals surface area contributed by atoms with Gasteiger partial charge in [0.25, 0.3) is 5.89 Å². The summed E-state index contributed by atoms with van der Waals surface area (Å²) in [7, 11) is 0. The number of nitrogens with zero attached hydrogens (tertiary/aromatic N) is 3. The van der Waals surface area contributed by atoms with Crippen LogP contribution in [0.25, 0.3) is 33.2 Å². The molecule has 3 aromatic carbocycles. The lowest BCUT2D eigenvalue weighted by Gasteiger charge is -2.14. The second kappa shape index (κ2) is 8.70. The largest absolute Gasteiger partial charge is 0.454 e. The molecule has 0 atom stereocenters. The number of hydrogen-bond acceptors (Lipinski definition) is 6. The van der Waals surface area contributed by atoms with Gasteiger partial charge in [0, 0.05) is 16.3 Å². The fraction of sp³-hybridized carbons (Fsp3) is 0.154. The van der Waals surface area contributed by atoms with E-state index in [1.807, 2.05) is 60.7 Å². The Bertz CT molecular complexity index is 1460. The molecule has 0 amide bonds. The fourth-order valence-corrected chi connectivity index (χ4v) is 3.88. The van der Waals surface area contributed by atoms with E-state index in [4.69, 9.17) is 9.26 Å². The van der Waals surface area contributed by atoms with Gasteiger partial charge in [-0.05, 0) is 36.2 Å². The van der Waals surface area contributed by atoms with E-state index in [0.29, 0.717) is 27.6 Å². The van der Waals surface area contributed by atoms with Crippen molar-refractivity contribution < 1.29 is 14.1 Å². The number of hydrogen-bond donors (Lipinski definition) is 0. The Kier molecular flexibility index (Phi) is 5.44. The normalized spacial score (nSPS) is 11.2. The van der Waals surface area contributed by atoms with E-state index < -0.39 is 5.97 Å². The molecule has 0 N–H and O–H groups in total. The topological polar surface area (TPSA) is 87.2 Å². The van der Waals surface area contributed by atoms with Crippen molar-refractivity contribution in [2.75, 3.05) is 0 Å². The zero-order valence-electron chi connectivity index (χ0n) is 18.0. The highest BCUT2D eigenvalue weighted by Gasteiger charge is 2.15. The average molecular weight is 439 g/mol. The maximum absolute atomic E-state index is 12.8. The molecule has 7 nitrogen and oxygen atoms in total. The average Bonchev–Trinajstić information content (AvgIpc) is 3.34. The molecule has 0 unspecified atom stereocenters. The maximum atomic E-state index is 12.8. The Balaban J connectivity index is 1.35. The first kappa shape index (κ1) is 20.6. The molecule has 0 aliphatic carbocycles. The van der Waals surface area contributed by atoms with Crippen LogP contribution in [0.2, 0.25) is 0 Å². The fourth-order valence-electron chi connectivity index (χ4n) is 3.88. The number of pyridine rings is 1. The third kappa shape index (κ3) is 4.01. The van der Waals surface area contributed by atoms with Gasteiger partial charge in [-0.25, -0.2) is 0 Å². The Morgan fingerprint density at radius 2 is 1.58 bits per heavy atom. The van der Waals surface area contributed by atoms with E-state index >= 15 is 0 Å². The highest BCUT2D eigenvalue weighted by Crippen LogP contribution is 2.20. The number of benzene rings is 3. The lowest BCUT2D eigenvalue weighted by Crippen LogP contribution is -2.18. The predicted molar refractivity (Wildman–Crippen MR) is 125 cm³/mol. The maximum Gasteiger partial charge on any atom is 0.326 e. The molecule has 0 radical (unpaired) electrons. The summed E-state index contributed by atoms with van der Waals surface area (Å²) in [6.07, 6.45) is 0.952. The van der Waals surface area contributed by atoms with Gasteiger partial charge in [0.1, 0.15) is 6.54 Å². The number of aromatic nitrogens is 3. The van der Waals surface area contributed by atoms with Crippen molar-refractivity contribution in [3.63, 3.8) is 0 Å². The van der Waals surface area contributed by atoms with Crippen molar-refractivity contribution in [2.45, 2.75) is 26.5 Å². The van der Waals surface area contributed by atoms with Crippen LogP contribution in [-0.4, -0.2) is 20.7 Å². The van der Waals surface area contributed by atoms with Gasteiger partial charge < -0.3 is 13.8 Å². The molecule has 0 fully saturated rings. The van der Waals surface area contributed by atoms with E-state index in [1.54, 1.807) is 16.7 Å². The van der Waals surface area contributed by atoms with Gasteiger partial charge in [-0.3, -0.25) is 9.59 Å². The number of carbonyl (C=O) groups is 1. The van der Waals surface area contributed by atoms with Crippen molar-refractivity contribution in [2.24, 2.45) is 0 Å². The number of fused-ring (bicyclic) bond motifs is 2. The van der Waals surface area contributed by atoms with Gasteiger partial charge in [0.05, 0.1) is 11.0 Å². The Morgan fingerprint density at radius 3 is 2.21 bits per heavy atom. The smallest absolute Gasteiger partial charge is 0.326 e. The molecule has 2 heterocycles. The first-order valence-corrected chi connectivity index (χ1v) is 10.7. The molecule has 33 heavy (non-hydrogen) atoms. The predicted octanol–water partition coefficient (Wildman–Crippen LogP) is 4.51. The van der Waals surface area contributed by atoms with Crippen molar-refractivity contribution in [3.05, 3.63) is 94.5 Å². The van der Waals surface area contributed by atoms with E-state index in [9.17, 15) is 9.59 Å². The summed E-state index contributed by atoms with van der Waals surface area (Å²) >= 11 is 0. The van der Waals surface area contributed by atoms with Crippen LogP contribution in [0.5, 0.6) is 0 Å². The van der Waals surface area contributed by atoms with E-state index in [-0.39, 0.29) is 24.5 Å². The van der Waals surface area contributed by atoms with Crippen molar-refractivity contribution in [3.8, 4) is 11.4 Å². The number of esters is 1. The van der Waals surface area contributed by atoms with Crippen LogP contribution < -0.4 is 5.43 Å². The van der Waals surface area contributed by atoms with E-state index in [1.165, 1.54) is 5.56 Å². The van der Waals surface area contributed by atoms with Crippen LogP contribution in [-0.2, 0) is 29.1 Å². The Morgan fingerprint density at radius 1 is 0.939 bits per heavy atom. The molecule has 5 rings (SSSR count). The van der Waals surface area contributed by atoms with Gasteiger partial charge in [-0.1, -0.05) is 60.6 Å². The quantitative estimate of drug-likeness (QED) is 0.286. The molecule has 0 saturated carbocycles. The summed E-state index contributed by atoms with van der Waals surface area (Å²) in [6, 6.07) is 22.4. The number of aryl methyl sites for hydroxylation is 1. The molecule has 5 aromatic rings. The molecular formula is C26H21N3O4. The van der Waals surface area contributed by atoms with Crippen LogP contribution in [0.15, 0.2) is 82.1 Å². The second-order valence-corrected chi connectivity index (χ2v) is 7.67. The van der Waals surface area contributed by atoms with Crippen LogP contribution in [0, 0.1) is 0 Å². The molecule has 0 aliphatic rings. The second-order valence-electron chi connectivity index (χ2n) is 7.67. The number of carbonyl (C=O) groups excluding carboxylic acids is 1. The lowest BCUT2D eigenvalue weighted by molar-refractivity contribution is -0.146. The molecule has 0 saturated heterocycles. The summed E-state index contributed by atoms with van der Waals surface area (Å²) in [5.74, 6) is 0.189. The highest BCUT2D eigenvalue weighted by molar-refractivity contribution is 5.94. The van der Waals surface area contributed by atoms with Crippen LogP contribution in [0.1, 0.15) is 18.4 Å². The summed E-state index contributed by atoms with van der Waals surface area (Å²) in [6.45, 7) is 1.91. The SMILES string of the molecule is CCc1ccc(-c2noc(COC(=O)Cn3c4ccccc4c(=O)c4ccccc43)n2)cc1. The Labute approximate surface area is 189 Å². The van der Waals surface area contributed by atoms with Crippen LogP contribution in [0.4, 0.5) is 0 Å². The standard InChI is InChI=1S/C26H21N3O4/c1-2-17-11-13-18(14-12-17)26-27-23(33-28-26)16-32-24(30)15-29-21-9-5-3-7-19(21)25(31)20-8-4-6-10-22(20)29/h3-14H,2,15-16H2,1H3. The number of rotatable bonds is 6. The molecule has 2 aromatic heterocycles. The summed E-state index contributed by atoms with van der Waals surface area (Å²) < 4.78 is 12.5. The highest BCUT2D eigenvalue weighted by atomic mass is 16.6. The van der Waals surface area contributed by atoms with Crippen LogP contribution >= 0.6 is 0 Å². The van der Waals surface area contributed by atoms with E-state index in [2.05, 4.69) is 17.1 Å². The summed E-state index contributed by atoms with van der Waals surface area (Å²) in [4.78, 5) is 29.9. The van der Waals surface area contributed by atoms with Crippen molar-refractivity contribution >= 4 is 27.8 Å².